The Labute approximate surface area is 95.0 Å². The minimum atomic E-state index is -0.0998. The van der Waals surface area contributed by atoms with Crippen LogP contribution in [-0.4, -0.2) is 19.8 Å². The van der Waals surface area contributed by atoms with Crippen LogP contribution >= 0.6 is 0 Å². The van der Waals surface area contributed by atoms with Crippen molar-refractivity contribution < 1.29 is 9.84 Å². The summed E-state index contributed by atoms with van der Waals surface area (Å²) >= 11 is 0. The summed E-state index contributed by atoms with van der Waals surface area (Å²) in [5.41, 5.74) is 0. The molecule has 0 heterocycles. The molecule has 0 N–H and O–H groups in total. The Morgan fingerprint density at radius 2 is 1.27 bits per heavy atom. The summed E-state index contributed by atoms with van der Waals surface area (Å²) in [7, 11) is 0. The molecule has 0 rings (SSSR count). The molecule has 0 amide bonds. The summed E-state index contributed by atoms with van der Waals surface area (Å²) in [5.74, 6) is 0. The van der Waals surface area contributed by atoms with E-state index in [0.29, 0.717) is 6.61 Å². The highest BCUT2D eigenvalue weighted by atomic mass is 16.5. The topological polar surface area (TPSA) is 29.1 Å². The third-order valence-electron chi connectivity index (χ3n) is 2.62. The molecule has 1 radical (unpaired) electrons. The first-order valence-corrected chi connectivity index (χ1v) is 6.57. The molecule has 0 spiro atoms. The second-order valence-electron chi connectivity index (χ2n) is 4.14. The fourth-order valence-corrected chi connectivity index (χ4v) is 1.68. The molecule has 0 saturated heterocycles. The van der Waals surface area contributed by atoms with E-state index in [1.165, 1.54) is 51.4 Å². The summed E-state index contributed by atoms with van der Waals surface area (Å²) in [6.45, 7) is 3.31. The Bertz CT molecular complexity index is 92.7. The quantitative estimate of drug-likeness (QED) is 0.453. The first-order chi connectivity index (χ1) is 7.41. The fraction of sp³-hybridized carbons (Fsp3) is 1.00. The van der Waals surface area contributed by atoms with Gasteiger partial charge in [0.2, 0.25) is 0 Å². The summed E-state index contributed by atoms with van der Waals surface area (Å²) < 4.78 is 5.13. The van der Waals surface area contributed by atoms with Gasteiger partial charge in [-0.3, -0.25) is 0 Å². The maximum absolute atomic E-state index is 10.1. The minimum absolute atomic E-state index is 0.0998. The molecule has 0 bridgehead atoms. The summed E-state index contributed by atoms with van der Waals surface area (Å²) in [4.78, 5) is 0. The van der Waals surface area contributed by atoms with Crippen LogP contribution < -0.4 is 0 Å². The Morgan fingerprint density at radius 1 is 0.733 bits per heavy atom. The summed E-state index contributed by atoms with van der Waals surface area (Å²) in [6.07, 6.45) is 12.0. The van der Waals surface area contributed by atoms with E-state index in [0.717, 1.165) is 13.0 Å². The van der Waals surface area contributed by atoms with E-state index in [4.69, 9.17) is 4.74 Å². The van der Waals surface area contributed by atoms with Crippen LogP contribution in [0.5, 0.6) is 0 Å². The normalized spacial score (nSPS) is 10.8. The van der Waals surface area contributed by atoms with E-state index in [-0.39, 0.29) is 6.61 Å². The lowest BCUT2D eigenvalue weighted by molar-refractivity contribution is 0.0618. The van der Waals surface area contributed by atoms with E-state index < -0.39 is 0 Å². The summed E-state index contributed by atoms with van der Waals surface area (Å²) in [6, 6.07) is 0. The molecule has 0 unspecified atom stereocenters. The Balaban J connectivity index is 2.81. The van der Waals surface area contributed by atoms with Crippen LogP contribution in [-0.2, 0) is 9.84 Å². The van der Waals surface area contributed by atoms with Gasteiger partial charge < -0.3 is 4.74 Å². The van der Waals surface area contributed by atoms with Gasteiger partial charge in [0.1, 0.15) is 6.61 Å². The highest BCUT2D eigenvalue weighted by molar-refractivity contribution is 4.46. The predicted octanol–water partition coefficient (Wildman–Crippen LogP) is 3.96. The van der Waals surface area contributed by atoms with Crippen molar-refractivity contribution in [2.75, 3.05) is 19.8 Å². The fourth-order valence-electron chi connectivity index (χ4n) is 1.68. The van der Waals surface area contributed by atoms with Crippen LogP contribution in [0.4, 0.5) is 0 Å². The van der Waals surface area contributed by atoms with Gasteiger partial charge in [0, 0.05) is 6.61 Å². The van der Waals surface area contributed by atoms with Crippen molar-refractivity contribution in [1.29, 1.82) is 0 Å². The molecule has 0 aliphatic carbocycles. The van der Waals surface area contributed by atoms with Crippen molar-refractivity contribution in [3.63, 3.8) is 0 Å². The number of ether oxygens (including phenoxy) is 1. The molecule has 0 aliphatic heterocycles. The maximum Gasteiger partial charge on any atom is 0.106 e. The molecule has 2 nitrogen and oxygen atoms in total. The molecular formula is C13H27O2. The van der Waals surface area contributed by atoms with Crippen LogP contribution in [0.15, 0.2) is 0 Å². The molecule has 0 aromatic heterocycles. The Kier molecular flexibility index (Phi) is 13.8. The van der Waals surface area contributed by atoms with Crippen molar-refractivity contribution in [2.24, 2.45) is 0 Å². The van der Waals surface area contributed by atoms with Crippen molar-refractivity contribution in [3.8, 4) is 0 Å². The van der Waals surface area contributed by atoms with Crippen LogP contribution in [0, 0.1) is 0 Å². The van der Waals surface area contributed by atoms with E-state index in [1.807, 2.05) is 0 Å². The van der Waals surface area contributed by atoms with Gasteiger partial charge in [0.15, 0.2) is 0 Å². The maximum atomic E-state index is 10.1. The van der Waals surface area contributed by atoms with Gasteiger partial charge in [0.25, 0.3) is 0 Å². The standard InChI is InChI=1S/C13H27O2/c1-2-3-4-5-6-7-8-9-10-12-15-13-11-14/h2-13H2,1H3. The van der Waals surface area contributed by atoms with E-state index in [9.17, 15) is 5.11 Å². The lowest BCUT2D eigenvalue weighted by Crippen LogP contribution is -1.99. The largest absolute Gasteiger partial charge is 0.379 e. The molecule has 0 saturated carbocycles. The number of hydrogen-bond donors (Lipinski definition) is 0. The van der Waals surface area contributed by atoms with Gasteiger partial charge in [-0.25, -0.2) is 5.11 Å². The molecule has 0 aliphatic rings. The minimum Gasteiger partial charge on any atom is -0.379 e. The molecule has 91 valence electrons. The number of rotatable bonds is 12. The molecule has 2 heteroatoms. The van der Waals surface area contributed by atoms with Gasteiger partial charge in [-0.05, 0) is 6.42 Å². The van der Waals surface area contributed by atoms with Crippen LogP contribution in [0.1, 0.15) is 64.7 Å². The first kappa shape index (κ1) is 14.9. The van der Waals surface area contributed by atoms with E-state index in [1.54, 1.807) is 0 Å². The van der Waals surface area contributed by atoms with Crippen molar-refractivity contribution in [3.05, 3.63) is 0 Å². The van der Waals surface area contributed by atoms with E-state index >= 15 is 0 Å². The average molecular weight is 215 g/mol. The van der Waals surface area contributed by atoms with Crippen LogP contribution in [0.2, 0.25) is 0 Å². The Morgan fingerprint density at radius 3 is 1.80 bits per heavy atom. The zero-order chi connectivity index (χ0) is 11.2. The van der Waals surface area contributed by atoms with E-state index in [2.05, 4.69) is 6.92 Å². The van der Waals surface area contributed by atoms with Crippen molar-refractivity contribution in [1.82, 2.24) is 0 Å². The van der Waals surface area contributed by atoms with Crippen molar-refractivity contribution in [2.45, 2.75) is 64.7 Å². The molecular weight excluding hydrogens is 188 g/mol. The highest BCUT2D eigenvalue weighted by Crippen LogP contribution is 2.09. The second-order valence-corrected chi connectivity index (χ2v) is 4.14. The van der Waals surface area contributed by atoms with Crippen LogP contribution in [0.3, 0.4) is 0 Å². The second kappa shape index (κ2) is 13.9. The highest BCUT2D eigenvalue weighted by Gasteiger charge is 1.92. The first-order valence-electron chi connectivity index (χ1n) is 6.57. The SMILES string of the molecule is CCCCCCCCCCCOCC[O]. The number of hydrogen-bond acceptors (Lipinski definition) is 1. The third kappa shape index (κ3) is 13.9. The molecule has 15 heavy (non-hydrogen) atoms. The smallest absolute Gasteiger partial charge is 0.106 e. The van der Waals surface area contributed by atoms with Crippen LogP contribution in [0.25, 0.3) is 0 Å². The van der Waals surface area contributed by atoms with Gasteiger partial charge >= 0.3 is 0 Å². The average Bonchev–Trinajstić information content (AvgIpc) is 2.26. The summed E-state index contributed by atoms with van der Waals surface area (Å²) in [5, 5.41) is 10.1. The zero-order valence-electron chi connectivity index (χ0n) is 10.3. The number of unbranched alkanes of at least 4 members (excludes halogenated alkanes) is 8. The van der Waals surface area contributed by atoms with Gasteiger partial charge in [-0.15, -0.1) is 0 Å². The zero-order valence-corrected chi connectivity index (χ0v) is 10.3. The molecule has 0 aromatic carbocycles. The van der Waals surface area contributed by atoms with Gasteiger partial charge in [-0.1, -0.05) is 58.3 Å². The molecule has 0 atom stereocenters. The van der Waals surface area contributed by atoms with Gasteiger partial charge in [0.05, 0.1) is 6.61 Å². The third-order valence-corrected chi connectivity index (χ3v) is 2.62. The van der Waals surface area contributed by atoms with Gasteiger partial charge in [-0.2, -0.15) is 0 Å². The molecule has 0 aromatic rings. The lowest BCUT2D eigenvalue weighted by atomic mass is 10.1. The van der Waals surface area contributed by atoms with Crippen molar-refractivity contribution >= 4 is 0 Å². The molecule has 0 fully saturated rings. The monoisotopic (exact) mass is 215 g/mol. The predicted molar refractivity (Wildman–Crippen MR) is 63.6 cm³/mol. The Hall–Kier alpha value is -0.0800. The lowest BCUT2D eigenvalue weighted by Gasteiger charge is -2.02.